The number of oxime groups is 1. The first-order valence-corrected chi connectivity index (χ1v) is 8.87. The summed E-state index contributed by atoms with van der Waals surface area (Å²) in [5.74, 6) is -0.433. The number of aliphatic carboxylic acids is 1. The lowest BCUT2D eigenvalue weighted by atomic mass is 10.0. The monoisotopic (exact) mass is 375 g/mol. The third-order valence-electron chi connectivity index (χ3n) is 4.09. The fraction of sp³-hybridized carbons (Fsp3) is 0.130. The fourth-order valence-corrected chi connectivity index (χ4v) is 2.61. The van der Waals surface area contributed by atoms with Gasteiger partial charge in [-0.05, 0) is 35.7 Å². The second-order valence-electron chi connectivity index (χ2n) is 6.29. The van der Waals surface area contributed by atoms with Crippen molar-refractivity contribution in [2.45, 2.75) is 13.5 Å². The number of nitrogens with zero attached hydrogens (tertiary/aromatic N) is 1. The molecule has 5 nitrogen and oxygen atoms in total. The third-order valence-corrected chi connectivity index (χ3v) is 4.09. The second-order valence-corrected chi connectivity index (χ2v) is 6.29. The van der Waals surface area contributed by atoms with Gasteiger partial charge in [-0.3, -0.25) is 0 Å². The molecule has 3 rings (SSSR count). The molecule has 1 N–H and O–H groups in total. The number of carboxylic acid groups (broad SMARTS) is 1. The number of aryl methyl sites for hydroxylation is 1. The van der Waals surface area contributed by atoms with Crippen LogP contribution < -0.4 is 4.74 Å². The Hall–Kier alpha value is -3.60. The standard InChI is InChI=1S/C23H21NO4/c1-17-7-9-18(10-8-17)15-27-22-13-20(19-5-3-2-4-6-19)11-12-21(22)14-24-28-16-23(25)26/h2-14H,15-16H2,1H3,(H,25,26). The van der Waals surface area contributed by atoms with Gasteiger partial charge in [0.25, 0.3) is 0 Å². The number of ether oxygens (including phenoxy) is 1. The van der Waals surface area contributed by atoms with Gasteiger partial charge in [-0.1, -0.05) is 71.4 Å². The number of carboxylic acids is 1. The zero-order valence-corrected chi connectivity index (χ0v) is 15.5. The van der Waals surface area contributed by atoms with Crippen LogP contribution in [0.1, 0.15) is 16.7 Å². The van der Waals surface area contributed by atoms with Crippen LogP contribution in [-0.2, 0) is 16.2 Å². The molecular formula is C23H21NO4. The zero-order chi connectivity index (χ0) is 19.8. The summed E-state index contributed by atoms with van der Waals surface area (Å²) < 4.78 is 6.04. The molecule has 0 saturated carbocycles. The van der Waals surface area contributed by atoms with E-state index in [0.717, 1.165) is 16.7 Å². The molecule has 142 valence electrons. The van der Waals surface area contributed by atoms with Gasteiger partial charge in [-0.2, -0.15) is 0 Å². The van der Waals surface area contributed by atoms with Gasteiger partial charge in [-0.15, -0.1) is 0 Å². The van der Waals surface area contributed by atoms with Crippen molar-refractivity contribution in [3.63, 3.8) is 0 Å². The van der Waals surface area contributed by atoms with Crippen molar-refractivity contribution < 1.29 is 19.5 Å². The Kier molecular flexibility index (Phi) is 6.41. The van der Waals surface area contributed by atoms with Crippen molar-refractivity contribution in [3.05, 3.63) is 89.5 Å². The Morgan fingerprint density at radius 2 is 1.75 bits per heavy atom. The van der Waals surface area contributed by atoms with Crippen molar-refractivity contribution in [3.8, 4) is 16.9 Å². The lowest BCUT2D eigenvalue weighted by molar-refractivity contribution is -0.142. The lowest BCUT2D eigenvalue weighted by Gasteiger charge is -2.12. The van der Waals surface area contributed by atoms with E-state index in [2.05, 4.69) is 5.16 Å². The van der Waals surface area contributed by atoms with Gasteiger partial charge in [0, 0.05) is 5.56 Å². The van der Waals surface area contributed by atoms with E-state index < -0.39 is 12.6 Å². The number of carbonyl (C=O) groups is 1. The lowest BCUT2D eigenvalue weighted by Crippen LogP contribution is -2.03. The minimum atomic E-state index is -1.08. The molecule has 3 aromatic carbocycles. The zero-order valence-electron chi connectivity index (χ0n) is 15.5. The van der Waals surface area contributed by atoms with E-state index in [1.165, 1.54) is 11.8 Å². The molecule has 0 aromatic heterocycles. The second kappa shape index (κ2) is 9.37. The van der Waals surface area contributed by atoms with E-state index in [0.29, 0.717) is 17.9 Å². The topological polar surface area (TPSA) is 68.1 Å². The summed E-state index contributed by atoms with van der Waals surface area (Å²) in [6.07, 6.45) is 1.46. The summed E-state index contributed by atoms with van der Waals surface area (Å²) in [5, 5.41) is 12.4. The summed E-state index contributed by atoms with van der Waals surface area (Å²) in [6, 6.07) is 23.9. The maximum atomic E-state index is 10.5. The van der Waals surface area contributed by atoms with E-state index in [9.17, 15) is 4.79 Å². The molecule has 0 radical (unpaired) electrons. The highest BCUT2D eigenvalue weighted by atomic mass is 16.6. The molecule has 0 aliphatic heterocycles. The molecular weight excluding hydrogens is 354 g/mol. The first kappa shape index (κ1) is 19.2. The molecule has 3 aromatic rings. The Labute approximate surface area is 163 Å². The van der Waals surface area contributed by atoms with Crippen LogP contribution in [0, 0.1) is 6.92 Å². The van der Waals surface area contributed by atoms with Gasteiger partial charge in [0.2, 0.25) is 6.61 Å². The van der Waals surface area contributed by atoms with Crippen LogP contribution in [0.4, 0.5) is 0 Å². The molecule has 0 atom stereocenters. The molecule has 0 heterocycles. The Balaban J connectivity index is 1.83. The minimum absolute atomic E-state index is 0.412. The Morgan fingerprint density at radius 3 is 2.46 bits per heavy atom. The van der Waals surface area contributed by atoms with Crippen LogP contribution in [0.25, 0.3) is 11.1 Å². The van der Waals surface area contributed by atoms with Crippen molar-refractivity contribution in [2.75, 3.05) is 6.61 Å². The summed E-state index contributed by atoms with van der Waals surface area (Å²) >= 11 is 0. The number of hydrogen-bond acceptors (Lipinski definition) is 4. The van der Waals surface area contributed by atoms with E-state index in [1.807, 2.05) is 79.7 Å². The first-order valence-electron chi connectivity index (χ1n) is 8.87. The third kappa shape index (κ3) is 5.45. The van der Waals surface area contributed by atoms with Gasteiger partial charge in [0.15, 0.2) is 0 Å². The van der Waals surface area contributed by atoms with E-state index >= 15 is 0 Å². The number of rotatable bonds is 8. The molecule has 28 heavy (non-hydrogen) atoms. The van der Waals surface area contributed by atoms with Crippen LogP contribution in [0.15, 0.2) is 78.0 Å². The van der Waals surface area contributed by atoms with E-state index in [4.69, 9.17) is 14.7 Å². The van der Waals surface area contributed by atoms with Crippen molar-refractivity contribution >= 4 is 12.2 Å². The van der Waals surface area contributed by atoms with E-state index in [-0.39, 0.29) is 0 Å². The average Bonchev–Trinajstić information content (AvgIpc) is 2.72. The van der Waals surface area contributed by atoms with Crippen LogP contribution in [-0.4, -0.2) is 23.9 Å². The maximum absolute atomic E-state index is 10.5. The largest absolute Gasteiger partial charge is 0.488 e. The first-order chi connectivity index (χ1) is 13.6. The molecule has 0 amide bonds. The quantitative estimate of drug-likeness (QED) is 0.459. The molecule has 0 bridgehead atoms. The highest BCUT2D eigenvalue weighted by Gasteiger charge is 2.07. The molecule has 0 spiro atoms. The van der Waals surface area contributed by atoms with Gasteiger partial charge in [0.1, 0.15) is 12.4 Å². The summed E-state index contributed by atoms with van der Waals surface area (Å²) in [5.41, 5.74) is 5.05. The van der Waals surface area contributed by atoms with Crippen LogP contribution in [0.3, 0.4) is 0 Å². The predicted molar refractivity (Wildman–Crippen MR) is 109 cm³/mol. The summed E-state index contributed by atoms with van der Waals surface area (Å²) in [7, 11) is 0. The Bertz CT molecular complexity index is 950. The molecule has 0 fully saturated rings. The van der Waals surface area contributed by atoms with Gasteiger partial charge >= 0.3 is 5.97 Å². The van der Waals surface area contributed by atoms with Crippen LogP contribution in [0.5, 0.6) is 5.75 Å². The van der Waals surface area contributed by atoms with Gasteiger partial charge < -0.3 is 14.7 Å². The van der Waals surface area contributed by atoms with Gasteiger partial charge in [-0.25, -0.2) is 4.79 Å². The molecule has 0 saturated heterocycles. The van der Waals surface area contributed by atoms with Crippen molar-refractivity contribution in [1.29, 1.82) is 0 Å². The maximum Gasteiger partial charge on any atom is 0.344 e. The Morgan fingerprint density at radius 1 is 1.00 bits per heavy atom. The number of hydrogen-bond donors (Lipinski definition) is 1. The van der Waals surface area contributed by atoms with Crippen LogP contribution >= 0.6 is 0 Å². The van der Waals surface area contributed by atoms with Gasteiger partial charge in [0.05, 0.1) is 6.21 Å². The smallest absolute Gasteiger partial charge is 0.344 e. The van der Waals surface area contributed by atoms with Crippen molar-refractivity contribution in [2.24, 2.45) is 5.16 Å². The number of benzene rings is 3. The highest BCUT2D eigenvalue weighted by Crippen LogP contribution is 2.27. The minimum Gasteiger partial charge on any atom is -0.488 e. The normalized spacial score (nSPS) is 10.8. The molecule has 0 aliphatic rings. The van der Waals surface area contributed by atoms with E-state index in [1.54, 1.807) is 0 Å². The highest BCUT2D eigenvalue weighted by molar-refractivity contribution is 5.85. The van der Waals surface area contributed by atoms with Crippen LogP contribution in [0.2, 0.25) is 0 Å². The fourth-order valence-electron chi connectivity index (χ4n) is 2.61. The molecule has 0 unspecified atom stereocenters. The summed E-state index contributed by atoms with van der Waals surface area (Å²) in [6.45, 7) is 1.97. The predicted octanol–water partition coefficient (Wildman–Crippen LogP) is 4.68. The van der Waals surface area contributed by atoms with Crippen molar-refractivity contribution in [1.82, 2.24) is 0 Å². The molecule has 5 heteroatoms. The SMILES string of the molecule is Cc1ccc(COc2cc(-c3ccccc3)ccc2C=NOCC(=O)O)cc1. The molecule has 0 aliphatic carbocycles. The average molecular weight is 375 g/mol. The summed E-state index contributed by atoms with van der Waals surface area (Å²) in [4.78, 5) is 15.3.